The summed E-state index contributed by atoms with van der Waals surface area (Å²) in [5.41, 5.74) is 2.15. The Hall–Kier alpha value is -1.58. The zero-order valence-corrected chi connectivity index (χ0v) is 10.1. The van der Waals surface area contributed by atoms with Crippen LogP contribution in [0.25, 0.3) is 0 Å². The highest BCUT2D eigenvalue weighted by molar-refractivity contribution is 5.58. The number of hydrogen-bond donors (Lipinski definition) is 0. The molecule has 17 heavy (non-hydrogen) atoms. The van der Waals surface area contributed by atoms with E-state index >= 15 is 0 Å². The van der Waals surface area contributed by atoms with Crippen LogP contribution >= 0.6 is 0 Å². The number of para-hydroxylation sites is 1. The van der Waals surface area contributed by atoms with Crippen LogP contribution < -0.4 is 4.90 Å². The molecule has 1 aliphatic heterocycles. The molecule has 0 fully saturated rings. The van der Waals surface area contributed by atoms with Gasteiger partial charge in [-0.2, -0.15) is 0 Å². The van der Waals surface area contributed by atoms with Crippen molar-refractivity contribution in [2.24, 2.45) is 0 Å². The molecule has 1 atom stereocenters. The lowest BCUT2D eigenvalue weighted by atomic mass is 10.1. The molecule has 0 saturated heterocycles. The Bertz CT molecular complexity index is 406. The van der Waals surface area contributed by atoms with Gasteiger partial charge in [-0.1, -0.05) is 38.0 Å². The van der Waals surface area contributed by atoms with Gasteiger partial charge in [0.05, 0.1) is 6.42 Å². The quantitative estimate of drug-likeness (QED) is 0.447. The molecule has 0 aliphatic carbocycles. The molecular weight excluding hydrogens is 216 g/mol. The van der Waals surface area contributed by atoms with Gasteiger partial charge in [0.1, 0.15) is 0 Å². The first-order chi connectivity index (χ1) is 8.24. The average Bonchev–Trinajstić information content (AvgIpc) is 2.69. The van der Waals surface area contributed by atoms with E-state index < -0.39 is 6.17 Å². The number of nitrogens with zero attached hydrogens (tertiary/aromatic N) is 2. The molecule has 1 aliphatic rings. The number of rotatable bonds is 5. The van der Waals surface area contributed by atoms with E-state index in [0.717, 1.165) is 37.1 Å². The van der Waals surface area contributed by atoms with Crippen LogP contribution in [-0.4, -0.2) is 17.6 Å². The number of fused-ring (bicyclic) bond motifs is 1. The van der Waals surface area contributed by atoms with E-state index in [1.165, 1.54) is 0 Å². The van der Waals surface area contributed by atoms with E-state index in [0.29, 0.717) is 6.42 Å². The summed E-state index contributed by atoms with van der Waals surface area (Å²) in [5, 5.41) is 11.1. The summed E-state index contributed by atoms with van der Waals surface area (Å²) in [6.45, 7) is 2.93. The molecule has 1 heterocycles. The van der Waals surface area contributed by atoms with E-state index in [9.17, 15) is 10.1 Å². The average molecular weight is 234 g/mol. The maximum Gasteiger partial charge on any atom is 0.291 e. The van der Waals surface area contributed by atoms with Crippen LogP contribution in [0.4, 0.5) is 5.69 Å². The van der Waals surface area contributed by atoms with Gasteiger partial charge in [-0.25, -0.2) is 0 Å². The van der Waals surface area contributed by atoms with Crippen molar-refractivity contribution in [3.63, 3.8) is 0 Å². The highest BCUT2D eigenvalue weighted by atomic mass is 16.6. The maximum atomic E-state index is 11.1. The van der Waals surface area contributed by atoms with E-state index in [4.69, 9.17) is 0 Å². The summed E-state index contributed by atoms with van der Waals surface area (Å²) in [4.78, 5) is 12.9. The van der Waals surface area contributed by atoms with Crippen molar-refractivity contribution < 1.29 is 4.92 Å². The van der Waals surface area contributed by atoms with Crippen LogP contribution in [0.15, 0.2) is 24.3 Å². The second kappa shape index (κ2) is 5.17. The molecule has 2 rings (SSSR count). The molecule has 0 aromatic heterocycles. The summed E-state index contributed by atoms with van der Waals surface area (Å²) >= 11 is 0. The number of anilines is 1. The van der Waals surface area contributed by atoms with Gasteiger partial charge >= 0.3 is 0 Å². The van der Waals surface area contributed by atoms with Gasteiger partial charge in [0.2, 0.25) is 0 Å². The van der Waals surface area contributed by atoms with Crippen molar-refractivity contribution in [2.75, 3.05) is 11.4 Å². The lowest BCUT2D eigenvalue weighted by Gasteiger charge is -2.21. The van der Waals surface area contributed by atoms with Gasteiger partial charge in [-0.05, 0) is 18.1 Å². The van der Waals surface area contributed by atoms with Gasteiger partial charge in [-0.15, -0.1) is 0 Å². The molecule has 4 nitrogen and oxygen atoms in total. The smallest absolute Gasteiger partial charge is 0.291 e. The minimum Gasteiger partial charge on any atom is -0.309 e. The number of hydrogen-bond acceptors (Lipinski definition) is 3. The Balaban J connectivity index is 2.15. The van der Waals surface area contributed by atoms with Gasteiger partial charge in [-0.3, -0.25) is 10.1 Å². The topological polar surface area (TPSA) is 46.4 Å². The van der Waals surface area contributed by atoms with E-state index in [2.05, 4.69) is 6.92 Å². The standard InChI is InChI=1S/C13H18N2O2/c1-2-3-6-9-14-12-8-5-4-7-11(12)10-13(14)15(16)17/h4-5,7-8,13H,2-3,6,9-10H2,1H3. The Morgan fingerprint density at radius 2 is 2.18 bits per heavy atom. The Morgan fingerprint density at radius 1 is 1.41 bits per heavy atom. The van der Waals surface area contributed by atoms with Crippen molar-refractivity contribution in [2.45, 2.75) is 38.8 Å². The van der Waals surface area contributed by atoms with Gasteiger partial charge in [0, 0.05) is 17.2 Å². The summed E-state index contributed by atoms with van der Waals surface area (Å²) in [6, 6.07) is 7.88. The fourth-order valence-corrected chi connectivity index (χ4v) is 2.42. The SMILES string of the molecule is CCCCCN1c2ccccc2CC1[N+](=O)[O-]. The van der Waals surface area contributed by atoms with Crippen LogP contribution in [0.3, 0.4) is 0 Å². The lowest BCUT2D eigenvalue weighted by Crippen LogP contribution is -2.38. The number of benzene rings is 1. The Kier molecular flexibility index (Phi) is 3.61. The molecule has 92 valence electrons. The fourth-order valence-electron chi connectivity index (χ4n) is 2.42. The highest BCUT2D eigenvalue weighted by Crippen LogP contribution is 2.32. The second-order valence-electron chi connectivity index (χ2n) is 4.50. The summed E-state index contributed by atoms with van der Waals surface area (Å²) in [5.74, 6) is 0. The summed E-state index contributed by atoms with van der Waals surface area (Å²) in [7, 11) is 0. The lowest BCUT2D eigenvalue weighted by molar-refractivity contribution is -0.519. The minimum atomic E-state index is -0.566. The molecular formula is C13H18N2O2. The van der Waals surface area contributed by atoms with Crippen LogP contribution in [0.5, 0.6) is 0 Å². The van der Waals surface area contributed by atoms with Gasteiger partial charge in [0.15, 0.2) is 0 Å². The second-order valence-corrected chi connectivity index (χ2v) is 4.50. The minimum absolute atomic E-state index is 0.161. The number of unbranched alkanes of at least 4 members (excludes halogenated alkanes) is 2. The molecule has 0 radical (unpaired) electrons. The van der Waals surface area contributed by atoms with E-state index in [1.807, 2.05) is 29.2 Å². The van der Waals surface area contributed by atoms with Gasteiger partial charge in [0.25, 0.3) is 6.17 Å². The predicted molar refractivity (Wildman–Crippen MR) is 67.8 cm³/mol. The summed E-state index contributed by atoms with van der Waals surface area (Å²) < 4.78 is 0. The number of nitro groups is 1. The maximum absolute atomic E-state index is 11.1. The summed E-state index contributed by atoms with van der Waals surface area (Å²) in [6.07, 6.45) is 3.26. The van der Waals surface area contributed by atoms with Crippen molar-refractivity contribution in [1.29, 1.82) is 0 Å². The van der Waals surface area contributed by atoms with Crippen molar-refractivity contribution >= 4 is 5.69 Å². The van der Waals surface area contributed by atoms with Crippen molar-refractivity contribution in [3.05, 3.63) is 39.9 Å². The molecule has 1 aromatic rings. The molecule has 0 spiro atoms. The third-order valence-corrected chi connectivity index (χ3v) is 3.31. The molecule has 0 bridgehead atoms. The van der Waals surface area contributed by atoms with E-state index in [1.54, 1.807) is 0 Å². The third-order valence-electron chi connectivity index (χ3n) is 3.31. The fraction of sp³-hybridized carbons (Fsp3) is 0.538. The van der Waals surface area contributed by atoms with Gasteiger partial charge < -0.3 is 4.90 Å². The molecule has 1 aromatic carbocycles. The molecule has 0 N–H and O–H groups in total. The first kappa shape index (κ1) is 11.9. The largest absolute Gasteiger partial charge is 0.309 e. The zero-order valence-electron chi connectivity index (χ0n) is 10.1. The van der Waals surface area contributed by atoms with Crippen molar-refractivity contribution in [3.8, 4) is 0 Å². The Morgan fingerprint density at radius 3 is 2.88 bits per heavy atom. The molecule has 4 heteroatoms. The monoisotopic (exact) mass is 234 g/mol. The van der Waals surface area contributed by atoms with Crippen LogP contribution in [0, 0.1) is 10.1 Å². The molecule has 0 amide bonds. The Labute approximate surface area is 101 Å². The first-order valence-corrected chi connectivity index (χ1v) is 6.22. The van der Waals surface area contributed by atoms with Crippen LogP contribution in [0.1, 0.15) is 31.7 Å². The van der Waals surface area contributed by atoms with Crippen LogP contribution in [-0.2, 0) is 6.42 Å². The third kappa shape index (κ3) is 2.40. The first-order valence-electron chi connectivity index (χ1n) is 6.22. The normalized spacial score (nSPS) is 18.2. The van der Waals surface area contributed by atoms with E-state index in [-0.39, 0.29) is 4.92 Å². The molecule has 0 saturated carbocycles. The van der Waals surface area contributed by atoms with Crippen molar-refractivity contribution in [1.82, 2.24) is 0 Å². The molecule has 1 unspecified atom stereocenters. The zero-order chi connectivity index (χ0) is 12.3. The van der Waals surface area contributed by atoms with Crippen LogP contribution in [0.2, 0.25) is 0 Å². The highest BCUT2D eigenvalue weighted by Gasteiger charge is 2.36. The predicted octanol–water partition coefficient (Wildman–Crippen LogP) is 2.84.